The number of halogens is 3. The van der Waals surface area contributed by atoms with Crippen LogP contribution in [0.5, 0.6) is 0 Å². The van der Waals surface area contributed by atoms with Crippen LogP contribution < -0.4 is 4.90 Å². The molecule has 0 spiro atoms. The zero-order chi connectivity index (χ0) is 23.5. The molecule has 1 aliphatic rings. The van der Waals surface area contributed by atoms with Crippen LogP contribution in [0, 0.1) is 6.92 Å². The number of hydrogen-bond acceptors (Lipinski definition) is 6. The average molecular weight is 451 g/mol. The number of carbonyl (C=O) groups is 1. The highest BCUT2D eigenvalue weighted by molar-refractivity contribution is 5.92. The van der Waals surface area contributed by atoms with Gasteiger partial charge >= 0.3 is 6.18 Å². The number of aromatic nitrogens is 4. The lowest BCUT2D eigenvalue weighted by molar-refractivity contribution is -0.137. The van der Waals surface area contributed by atoms with Crippen LogP contribution in [-0.4, -0.2) is 49.5 Å². The van der Waals surface area contributed by atoms with Crippen molar-refractivity contribution in [1.82, 2.24) is 19.7 Å². The molecule has 0 unspecified atom stereocenters. The highest BCUT2D eigenvalue weighted by Gasteiger charge is 2.31. The first-order chi connectivity index (χ1) is 15.2. The summed E-state index contributed by atoms with van der Waals surface area (Å²) in [6.45, 7) is 2.91. The van der Waals surface area contributed by atoms with E-state index >= 15 is 0 Å². The second-order valence-corrected chi connectivity index (χ2v) is 7.57. The van der Waals surface area contributed by atoms with Crippen molar-refractivity contribution in [2.45, 2.75) is 38.5 Å². The first-order valence-corrected chi connectivity index (χ1v) is 10.00. The van der Waals surface area contributed by atoms with Gasteiger partial charge in [-0.15, -0.1) is 10.2 Å². The van der Waals surface area contributed by atoms with Crippen molar-refractivity contribution in [3.05, 3.63) is 47.2 Å². The molecule has 8 nitrogen and oxygen atoms in total. The van der Waals surface area contributed by atoms with E-state index in [-0.39, 0.29) is 19.0 Å². The molecule has 1 aromatic carbocycles. The maximum Gasteiger partial charge on any atom is 0.416 e. The number of benzene rings is 1. The predicted molar refractivity (Wildman–Crippen MR) is 111 cm³/mol. The van der Waals surface area contributed by atoms with Crippen molar-refractivity contribution in [3.8, 4) is 0 Å². The lowest BCUT2D eigenvalue weighted by Crippen LogP contribution is -2.34. The van der Waals surface area contributed by atoms with Crippen LogP contribution in [0.1, 0.15) is 41.7 Å². The molecule has 1 saturated heterocycles. The zero-order valence-electron chi connectivity index (χ0n) is 17.7. The van der Waals surface area contributed by atoms with E-state index in [4.69, 9.17) is 9.90 Å². The maximum absolute atomic E-state index is 13.1. The summed E-state index contributed by atoms with van der Waals surface area (Å²) in [5.41, 5.74) is 1.27. The molecule has 1 fully saturated rings. The largest absolute Gasteiger partial charge is 0.483 e. The Morgan fingerprint density at radius 1 is 1.19 bits per heavy atom. The van der Waals surface area contributed by atoms with Crippen molar-refractivity contribution in [1.29, 1.82) is 0 Å². The Bertz CT molecular complexity index is 1090. The summed E-state index contributed by atoms with van der Waals surface area (Å²) >= 11 is 0. The summed E-state index contributed by atoms with van der Waals surface area (Å²) in [6, 6.07) is 5.68. The number of aryl methyl sites for hydroxylation is 1. The Balaban J connectivity index is 0.000000913. The molecule has 4 rings (SSSR count). The Labute approximate surface area is 182 Å². The van der Waals surface area contributed by atoms with Gasteiger partial charge in [0, 0.05) is 42.8 Å². The standard InChI is InChI=1S/C20H22F3N5O.CH2O2/c1-12-9-17(15-4-3-14(20(21,22)23)10-16(15)24-12)28-7-5-13(6-8-28)19-26-25-18(11-29)27(19)2;2-1-3/h3-4,9-10,13,29H,5-8,11H2,1-2H3;1H,(H,2,3). The molecule has 11 heteroatoms. The summed E-state index contributed by atoms with van der Waals surface area (Å²) in [6.07, 6.45) is -2.69. The highest BCUT2D eigenvalue weighted by atomic mass is 19.4. The van der Waals surface area contributed by atoms with Gasteiger partial charge in [-0.1, -0.05) is 6.07 Å². The average Bonchev–Trinajstić information content (AvgIpc) is 3.13. The number of alkyl halides is 3. The van der Waals surface area contributed by atoms with Gasteiger partial charge < -0.3 is 19.7 Å². The van der Waals surface area contributed by atoms with E-state index in [2.05, 4.69) is 20.1 Å². The molecule has 0 amide bonds. The van der Waals surface area contributed by atoms with E-state index in [1.807, 2.05) is 17.7 Å². The van der Waals surface area contributed by atoms with Gasteiger partial charge in [0.15, 0.2) is 5.82 Å². The third-order valence-corrected chi connectivity index (χ3v) is 5.58. The number of rotatable bonds is 3. The van der Waals surface area contributed by atoms with Crippen LogP contribution in [-0.2, 0) is 24.6 Å². The molecule has 3 heterocycles. The third kappa shape index (κ3) is 4.82. The summed E-state index contributed by atoms with van der Waals surface area (Å²) in [5.74, 6) is 1.63. The van der Waals surface area contributed by atoms with Gasteiger partial charge in [-0.25, -0.2) is 0 Å². The molecule has 2 N–H and O–H groups in total. The molecule has 32 heavy (non-hydrogen) atoms. The van der Waals surface area contributed by atoms with Crippen LogP contribution in [0.2, 0.25) is 0 Å². The van der Waals surface area contributed by atoms with E-state index in [1.165, 1.54) is 6.07 Å². The molecule has 3 aromatic rings. The maximum atomic E-state index is 13.1. The summed E-state index contributed by atoms with van der Waals surface area (Å²) in [7, 11) is 1.85. The van der Waals surface area contributed by atoms with Gasteiger partial charge in [-0.05, 0) is 38.0 Å². The third-order valence-electron chi connectivity index (χ3n) is 5.58. The first kappa shape index (κ1) is 23.5. The predicted octanol–water partition coefficient (Wildman–Crippen LogP) is 3.27. The number of pyridine rings is 1. The van der Waals surface area contributed by atoms with E-state index in [1.54, 1.807) is 6.92 Å². The van der Waals surface area contributed by atoms with Crippen molar-refractivity contribution in [3.63, 3.8) is 0 Å². The molecular formula is C21H24F3N5O3. The van der Waals surface area contributed by atoms with E-state index in [0.29, 0.717) is 17.0 Å². The number of anilines is 1. The Morgan fingerprint density at radius 2 is 1.84 bits per heavy atom. The molecule has 0 bridgehead atoms. The molecule has 0 saturated carbocycles. The van der Waals surface area contributed by atoms with Crippen molar-refractivity contribution >= 4 is 23.1 Å². The number of aliphatic hydroxyl groups is 1. The summed E-state index contributed by atoms with van der Waals surface area (Å²) < 4.78 is 41.0. The second-order valence-electron chi connectivity index (χ2n) is 7.57. The molecule has 0 aliphatic carbocycles. The number of hydrogen-bond donors (Lipinski definition) is 2. The van der Waals surface area contributed by atoms with Crippen molar-refractivity contribution in [2.75, 3.05) is 18.0 Å². The molecule has 172 valence electrons. The minimum atomic E-state index is -4.39. The minimum Gasteiger partial charge on any atom is -0.483 e. The zero-order valence-corrected chi connectivity index (χ0v) is 17.7. The van der Waals surface area contributed by atoms with Crippen LogP contribution in [0.25, 0.3) is 10.9 Å². The van der Waals surface area contributed by atoms with Gasteiger partial charge in [0.1, 0.15) is 12.4 Å². The van der Waals surface area contributed by atoms with E-state index in [0.717, 1.165) is 55.0 Å². The topological polar surface area (TPSA) is 104 Å². The van der Waals surface area contributed by atoms with Gasteiger partial charge in [0.2, 0.25) is 0 Å². The number of aliphatic hydroxyl groups excluding tert-OH is 1. The molecule has 1 aliphatic heterocycles. The summed E-state index contributed by atoms with van der Waals surface area (Å²) in [4.78, 5) is 14.9. The SMILES string of the molecule is Cc1cc(N2CCC(c3nnc(CO)n3C)CC2)c2ccc(C(F)(F)F)cc2n1.O=CO. The molecule has 0 atom stereocenters. The number of fused-ring (bicyclic) bond motifs is 1. The molecule has 2 aromatic heterocycles. The molecule has 0 radical (unpaired) electrons. The van der Waals surface area contributed by atoms with Crippen LogP contribution in [0.4, 0.5) is 18.9 Å². The van der Waals surface area contributed by atoms with Gasteiger partial charge in [-0.2, -0.15) is 13.2 Å². The van der Waals surface area contributed by atoms with E-state index in [9.17, 15) is 18.3 Å². The smallest absolute Gasteiger partial charge is 0.416 e. The van der Waals surface area contributed by atoms with Crippen LogP contribution in [0.15, 0.2) is 24.3 Å². The van der Waals surface area contributed by atoms with Crippen molar-refractivity contribution in [2.24, 2.45) is 7.05 Å². The summed E-state index contributed by atoms with van der Waals surface area (Å²) in [5, 5.41) is 25.2. The van der Waals surface area contributed by atoms with Gasteiger partial charge in [-0.3, -0.25) is 9.78 Å². The Morgan fingerprint density at radius 3 is 2.41 bits per heavy atom. The normalized spacial score (nSPS) is 14.9. The lowest BCUT2D eigenvalue weighted by atomic mass is 9.95. The fraction of sp³-hybridized carbons (Fsp3) is 0.429. The van der Waals surface area contributed by atoms with Crippen LogP contribution in [0.3, 0.4) is 0 Å². The number of carboxylic acid groups (broad SMARTS) is 1. The monoisotopic (exact) mass is 451 g/mol. The lowest BCUT2D eigenvalue weighted by Gasteiger charge is -2.34. The van der Waals surface area contributed by atoms with Crippen LogP contribution >= 0.6 is 0 Å². The van der Waals surface area contributed by atoms with Crippen molar-refractivity contribution < 1.29 is 28.2 Å². The second kappa shape index (κ2) is 9.51. The number of piperidine rings is 1. The highest BCUT2D eigenvalue weighted by Crippen LogP contribution is 2.36. The van der Waals surface area contributed by atoms with Gasteiger partial charge in [0.05, 0.1) is 11.1 Å². The minimum absolute atomic E-state index is 0.148. The number of nitrogens with zero attached hydrogens (tertiary/aromatic N) is 5. The first-order valence-electron chi connectivity index (χ1n) is 10.00. The fourth-order valence-electron chi connectivity index (χ4n) is 4.02. The molecular weight excluding hydrogens is 427 g/mol. The fourth-order valence-corrected chi connectivity index (χ4v) is 4.02. The Kier molecular flexibility index (Phi) is 6.97. The quantitative estimate of drug-likeness (QED) is 0.589. The van der Waals surface area contributed by atoms with E-state index < -0.39 is 11.7 Å². The van der Waals surface area contributed by atoms with Gasteiger partial charge in [0.25, 0.3) is 6.47 Å². The Hall–Kier alpha value is -3.21.